The summed E-state index contributed by atoms with van der Waals surface area (Å²) in [6.07, 6.45) is 9.36. The molecule has 0 amide bonds. The lowest BCUT2D eigenvalue weighted by atomic mass is 9.68. The number of hydrogen-bond acceptors (Lipinski definition) is 1. The topological polar surface area (TPSA) is 9.23 Å². The van der Waals surface area contributed by atoms with E-state index in [0.717, 1.165) is 61.3 Å². The SMILES string of the molecule is CCCC1CCC(C2CCC(CCc3c(F)ccc(Oc4ccc(C(F)(F)F)cc4)c3F)CC2)CC1. The summed E-state index contributed by atoms with van der Waals surface area (Å²) in [4.78, 5) is 0. The van der Waals surface area contributed by atoms with Gasteiger partial charge in [0.05, 0.1) is 5.56 Å². The average Bonchev–Trinajstić information content (AvgIpc) is 2.87. The van der Waals surface area contributed by atoms with Crippen molar-refractivity contribution in [1.29, 1.82) is 0 Å². The summed E-state index contributed by atoms with van der Waals surface area (Å²) in [5.41, 5.74) is -0.815. The molecule has 198 valence electrons. The number of hydrogen-bond donors (Lipinski definition) is 0. The molecule has 36 heavy (non-hydrogen) atoms. The van der Waals surface area contributed by atoms with Crippen molar-refractivity contribution in [3.63, 3.8) is 0 Å². The van der Waals surface area contributed by atoms with E-state index < -0.39 is 23.4 Å². The van der Waals surface area contributed by atoms with Gasteiger partial charge >= 0.3 is 6.18 Å². The summed E-state index contributed by atoms with van der Waals surface area (Å²) in [6, 6.07) is 6.39. The van der Waals surface area contributed by atoms with E-state index in [1.807, 2.05) is 0 Å². The molecule has 2 saturated carbocycles. The smallest absolute Gasteiger partial charge is 0.416 e. The quantitative estimate of drug-likeness (QED) is 0.322. The molecule has 6 heteroatoms. The summed E-state index contributed by atoms with van der Waals surface area (Å²) in [5, 5.41) is 0. The number of benzene rings is 2. The Hall–Kier alpha value is -2.11. The van der Waals surface area contributed by atoms with Gasteiger partial charge in [-0.3, -0.25) is 0 Å². The zero-order chi connectivity index (χ0) is 25.7. The molecule has 2 aromatic rings. The number of rotatable bonds is 8. The molecule has 0 N–H and O–H groups in total. The molecule has 0 radical (unpaired) electrons. The molecule has 0 atom stereocenters. The standard InChI is InChI=1S/C30H37F5O/c1-2-3-20-4-9-22(10-5-20)23-11-6-21(7-12-23)8-17-26-27(31)18-19-28(29(26)32)36-25-15-13-24(14-16-25)30(33,34)35/h13-16,18-23H,2-12,17H2,1H3. The number of alkyl halides is 3. The van der Waals surface area contributed by atoms with Crippen LogP contribution >= 0.6 is 0 Å². The Bertz CT molecular complexity index is 968. The first-order valence-corrected chi connectivity index (χ1v) is 13.6. The maximum atomic E-state index is 15.1. The second kappa shape index (κ2) is 12.0. The van der Waals surface area contributed by atoms with Crippen molar-refractivity contribution in [3.05, 3.63) is 59.2 Å². The molecule has 2 aliphatic carbocycles. The van der Waals surface area contributed by atoms with Gasteiger partial charge in [0, 0.05) is 5.56 Å². The van der Waals surface area contributed by atoms with Gasteiger partial charge in [-0.25, -0.2) is 8.78 Å². The van der Waals surface area contributed by atoms with Gasteiger partial charge < -0.3 is 4.74 Å². The first-order valence-electron chi connectivity index (χ1n) is 13.6. The van der Waals surface area contributed by atoms with E-state index in [4.69, 9.17) is 4.74 Å². The lowest BCUT2D eigenvalue weighted by Gasteiger charge is -2.38. The fourth-order valence-corrected chi connectivity index (χ4v) is 6.38. The first kappa shape index (κ1) is 26.9. The predicted octanol–water partition coefficient (Wildman–Crippen LogP) is 10.1. The van der Waals surface area contributed by atoms with Crippen LogP contribution in [0.1, 0.15) is 88.7 Å². The van der Waals surface area contributed by atoms with Crippen molar-refractivity contribution in [1.82, 2.24) is 0 Å². The predicted molar refractivity (Wildman–Crippen MR) is 132 cm³/mol. The van der Waals surface area contributed by atoms with Crippen LogP contribution in [-0.4, -0.2) is 0 Å². The first-order chi connectivity index (χ1) is 17.2. The van der Waals surface area contributed by atoms with Crippen LogP contribution in [0.25, 0.3) is 0 Å². The Morgan fingerprint density at radius 1 is 0.750 bits per heavy atom. The van der Waals surface area contributed by atoms with E-state index in [0.29, 0.717) is 12.3 Å². The monoisotopic (exact) mass is 508 g/mol. The van der Waals surface area contributed by atoms with Gasteiger partial charge in [0.1, 0.15) is 11.6 Å². The van der Waals surface area contributed by atoms with Crippen LogP contribution in [0.3, 0.4) is 0 Å². The minimum Gasteiger partial charge on any atom is -0.454 e. The van der Waals surface area contributed by atoms with Crippen LogP contribution in [0.15, 0.2) is 36.4 Å². The highest BCUT2D eigenvalue weighted by molar-refractivity contribution is 5.38. The highest BCUT2D eigenvalue weighted by atomic mass is 19.4. The van der Waals surface area contributed by atoms with Crippen molar-refractivity contribution in [2.24, 2.45) is 23.7 Å². The van der Waals surface area contributed by atoms with Crippen molar-refractivity contribution in [2.75, 3.05) is 0 Å². The van der Waals surface area contributed by atoms with Crippen LogP contribution < -0.4 is 4.74 Å². The molecule has 0 saturated heterocycles. The molecule has 0 unspecified atom stereocenters. The Morgan fingerprint density at radius 2 is 1.31 bits per heavy atom. The van der Waals surface area contributed by atoms with Gasteiger partial charge in [-0.1, -0.05) is 45.4 Å². The van der Waals surface area contributed by atoms with Crippen molar-refractivity contribution < 1.29 is 26.7 Å². The molecule has 2 fully saturated rings. The highest BCUT2D eigenvalue weighted by Gasteiger charge is 2.31. The molecule has 0 aliphatic heterocycles. The fourth-order valence-electron chi connectivity index (χ4n) is 6.38. The second-order valence-electron chi connectivity index (χ2n) is 10.9. The molecular weight excluding hydrogens is 471 g/mol. The Kier molecular flexibility index (Phi) is 8.95. The van der Waals surface area contributed by atoms with E-state index >= 15 is 4.39 Å². The average molecular weight is 509 g/mol. The van der Waals surface area contributed by atoms with Crippen LogP contribution in [0.5, 0.6) is 11.5 Å². The molecular formula is C30H37F5O. The maximum absolute atomic E-state index is 15.1. The molecule has 0 bridgehead atoms. The largest absolute Gasteiger partial charge is 0.454 e. The third-order valence-corrected chi connectivity index (χ3v) is 8.51. The van der Waals surface area contributed by atoms with Crippen LogP contribution in [0, 0.1) is 35.3 Å². The van der Waals surface area contributed by atoms with Crippen molar-refractivity contribution in [2.45, 2.75) is 90.1 Å². The van der Waals surface area contributed by atoms with Gasteiger partial charge in [-0.2, -0.15) is 13.2 Å². The van der Waals surface area contributed by atoms with E-state index in [2.05, 4.69) is 6.92 Å². The van der Waals surface area contributed by atoms with E-state index in [1.54, 1.807) is 0 Å². The minimum absolute atomic E-state index is 0.00391. The normalized spacial score (nSPS) is 25.1. The maximum Gasteiger partial charge on any atom is 0.416 e. The van der Waals surface area contributed by atoms with Gasteiger partial charge in [0.25, 0.3) is 0 Å². The van der Waals surface area contributed by atoms with Crippen LogP contribution in [-0.2, 0) is 12.6 Å². The molecule has 0 spiro atoms. The second-order valence-corrected chi connectivity index (χ2v) is 10.9. The summed E-state index contributed by atoms with van der Waals surface area (Å²) >= 11 is 0. The molecule has 4 rings (SSSR count). The molecule has 0 aromatic heterocycles. The van der Waals surface area contributed by atoms with Gasteiger partial charge in [-0.15, -0.1) is 0 Å². The molecule has 2 aliphatic rings. The van der Waals surface area contributed by atoms with Gasteiger partial charge in [-0.05, 0) is 98.6 Å². The van der Waals surface area contributed by atoms with Crippen molar-refractivity contribution >= 4 is 0 Å². The summed E-state index contributed by atoms with van der Waals surface area (Å²) in [5.74, 6) is 1.57. The Labute approximate surface area is 211 Å². The van der Waals surface area contributed by atoms with E-state index in [9.17, 15) is 17.6 Å². The Morgan fingerprint density at radius 3 is 1.83 bits per heavy atom. The summed E-state index contributed by atoms with van der Waals surface area (Å²) in [7, 11) is 0. The van der Waals surface area contributed by atoms with E-state index in [1.165, 1.54) is 63.5 Å². The third-order valence-electron chi connectivity index (χ3n) is 8.51. The van der Waals surface area contributed by atoms with Crippen LogP contribution in [0.2, 0.25) is 0 Å². The molecule has 2 aromatic carbocycles. The highest BCUT2D eigenvalue weighted by Crippen LogP contribution is 2.43. The van der Waals surface area contributed by atoms with Crippen LogP contribution in [0.4, 0.5) is 22.0 Å². The van der Waals surface area contributed by atoms with Crippen molar-refractivity contribution in [3.8, 4) is 11.5 Å². The van der Waals surface area contributed by atoms with Gasteiger partial charge in [0.2, 0.25) is 0 Å². The zero-order valence-electron chi connectivity index (χ0n) is 21.1. The minimum atomic E-state index is -4.46. The lowest BCUT2D eigenvalue weighted by molar-refractivity contribution is -0.137. The zero-order valence-corrected chi connectivity index (χ0v) is 21.1. The molecule has 0 heterocycles. The lowest BCUT2D eigenvalue weighted by Crippen LogP contribution is -2.26. The fraction of sp³-hybridized carbons (Fsp3) is 0.600. The Balaban J connectivity index is 1.29. The number of ether oxygens (including phenoxy) is 1. The third kappa shape index (κ3) is 6.80. The number of halogens is 5. The summed E-state index contributed by atoms with van der Waals surface area (Å²) in [6.45, 7) is 2.27. The summed E-state index contributed by atoms with van der Waals surface area (Å²) < 4.78 is 73.3. The van der Waals surface area contributed by atoms with Gasteiger partial charge in [0.15, 0.2) is 11.6 Å². The molecule has 1 nitrogen and oxygen atoms in total. The van der Waals surface area contributed by atoms with E-state index in [-0.39, 0.29) is 17.1 Å².